The number of pyridine rings is 2. The molecule has 3 fully saturated rings. The predicted octanol–water partition coefficient (Wildman–Crippen LogP) is 3.49. The Labute approximate surface area is 221 Å². The van der Waals surface area contributed by atoms with E-state index in [1.54, 1.807) is 16.6 Å². The third-order valence-electron chi connectivity index (χ3n) is 8.14. The second-order valence-electron chi connectivity index (χ2n) is 10.6. The van der Waals surface area contributed by atoms with E-state index in [-0.39, 0.29) is 23.7 Å². The number of hydrogen-bond donors (Lipinski definition) is 2. The van der Waals surface area contributed by atoms with E-state index in [9.17, 15) is 9.59 Å². The van der Waals surface area contributed by atoms with E-state index in [0.717, 1.165) is 74.9 Å². The van der Waals surface area contributed by atoms with Gasteiger partial charge in [0.05, 0.1) is 37.0 Å². The molecule has 0 bridgehead atoms. The van der Waals surface area contributed by atoms with Gasteiger partial charge in [0.2, 0.25) is 5.88 Å². The van der Waals surface area contributed by atoms with Crippen molar-refractivity contribution in [3.05, 3.63) is 40.4 Å². The molecule has 11 nitrogen and oxygen atoms in total. The van der Waals surface area contributed by atoms with Crippen molar-refractivity contribution in [1.29, 1.82) is 0 Å². The normalized spacial score (nSPS) is 20.5. The third kappa shape index (κ3) is 4.82. The number of amides is 2. The molecule has 11 heteroatoms. The van der Waals surface area contributed by atoms with E-state index in [2.05, 4.69) is 25.4 Å². The van der Waals surface area contributed by atoms with E-state index < -0.39 is 0 Å². The second kappa shape index (κ2) is 10.3. The Morgan fingerprint density at radius 1 is 1.21 bits per heavy atom. The number of aromatic nitrogens is 4. The molecule has 3 aromatic rings. The van der Waals surface area contributed by atoms with Crippen LogP contribution in [0.5, 0.6) is 5.88 Å². The molecule has 202 valence electrons. The van der Waals surface area contributed by atoms with Crippen molar-refractivity contribution < 1.29 is 14.3 Å². The monoisotopic (exact) mass is 521 g/mol. The topological polar surface area (TPSA) is 118 Å². The van der Waals surface area contributed by atoms with Crippen molar-refractivity contribution in [2.45, 2.75) is 56.5 Å². The standard InChI is InChI=1S/C27H35N7O4/c1-32(19-7-9-33(10-8-19)21-13-22-24(28-14-21)30-31-25(22)37-2)27(36)29-23-12-18(17-5-6-17)15-34(26(23)35)20-4-3-11-38-16-20/h12-15,17,19-20H,3-11,16H2,1-2H3,(H,29,36)(H,28,30,31)/t20-/m1/s1. The fourth-order valence-electron chi connectivity index (χ4n) is 5.65. The highest BCUT2D eigenvalue weighted by atomic mass is 16.5. The van der Waals surface area contributed by atoms with Crippen LogP contribution in [0.4, 0.5) is 16.2 Å². The molecule has 2 aliphatic heterocycles. The van der Waals surface area contributed by atoms with E-state index in [1.807, 2.05) is 31.6 Å². The molecular weight excluding hydrogens is 486 g/mol. The minimum atomic E-state index is -0.244. The Balaban J connectivity index is 1.13. The van der Waals surface area contributed by atoms with Gasteiger partial charge in [0.15, 0.2) is 5.65 Å². The van der Waals surface area contributed by atoms with Gasteiger partial charge in [-0.05, 0) is 62.1 Å². The highest BCUT2D eigenvalue weighted by Crippen LogP contribution is 2.40. The molecule has 0 unspecified atom stereocenters. The number of anilines is 2. The maximum Gasteiger partial charge on any atom is 0.321 e. The fraction of sp³-hybridized carbons (Fsp3) is 0.556. The van der Waals surface area contributed by atoms with Gasteiger partial charge in [0.1, 0.15) is 5.69 Å². The first-order chi connectivity index (χ1) is 18.5. The highest BCUT2D eigenvalue weighted by Gasteiger charge is 2.30. The first kappa shape index (κ1) is 24.7. The summed E-state index contributed by atoms with van der Waals surface area (Å²) >= 11 is 0. The zero-order chi connectivity index (χ0) is 26.2. The summed E-state index contributed by atoms with van der Waals surface area (Å²) in [6.07, 6.45) is 9.56. The number of piperidine rings is 1. The van der Waals surface area contributed by atoms with Crippen molar-refractivity contribution in [3.8, 4) is 5.88 Å². The van der Waals surface area contributed by atoms with E-state index in [4.69, 9.17) is 9.47 Å². The van der Waals surface area contributed by atoms with Crippen LogP contribution in [0.2, 0.25) is 0 Å². The second-order valence-corrected chi connectivity index (χ2v) is 10.6. The number of aromatic amines is 1. The largest absolute Gasteiger partial charge is 0.479 e. The van der Waals surface area contributed by atoms with Gasteiger partial charge in [-0.3, -0.25) is 9.89 Å². The first-order valence-electron chi connectivity index (χ1n) is 13.5. The van der Waals surface area contributed by atoms with Gasteiger partial charge in [0, 0.05) is 39.0 Å². The van der Waals surface area contributed by atoms with Crippen LogP contribution in [0.15, 0.2) is 29.3 Å². The molecule has 0 spiro atoms. The summed E-state index contributed by atoms with van der Waals surface area (Å²) in [5, 5.41) is 10.8. The summed E-state index contributed by atoms with van der Waals surface area (Å²) < 4.78 is 12.8. The summed E-state index contributed by atoms with van der Waals surface area (Å²) in [4.78, 5) is 35.1. The Morgan fingerprint density at radius 3 is 2.74 bits per heavy atom. The van der Waals surface area contributed by atoms with E-state index in [1.165, 1.54) is 0 Å². The molecule has 1 atom stereocenters. The quantitative estimate of drug-likeness (QED) is 0.510. The van der Waals surface area contributed by atoms with Gasteiger partial charge >= 0.3 is 6.03 Å². The molecule has 0 radical (unpaired) electrons. The SMILES string of the molecule is COc1n[nH]c2ncc(N3CCC(N(C)C(=O)Nc4cc(C5CC5)cn([C@@H]5CCCOC5)c4=O)CC3)cc12. The van der Waals surface area contributed by atoms with Gasteiger partial charge < -0.3 is 29.2 Å². The van der Waals surface area contributed by atoms with Gasteiger partial charge in [-0.15, -0.1) is 5.10 Å². The number of nitrogens with zero attached hydrogens (tertiary/aromatic N) is 5. The minimum Gasteiger partial charge on any atom is -0.479 e. The minimum absolute atomic E-state index is 0.0170. The Bertz CT molecular complexity index is 1370. The lowest BCUT2D eigenvalue weighted by molar-refractivity contribution is 0.0580. The van der Waals surface area contributed by atoms with Crippen molar-refractivity contribution in [2.24, 2.45) is 0 Å². The van der Waals surface area contributed by atoms with Crippen molar-refractivity contribution in [3.63, 3.8) is 0 Å². The molecule has 0 aromatic carbocycles. The third-order valence-corrected chi connectivity index (χ3v) is 8.14. The van der Waals surface area contributed by atoms with E-state index >= 15 is 0 Å². The molecule has 1 saturated carbocycles. The summed E-state index contributed by atoms with van der Waals surface area (Å²) in [6.45, 7) is 2.86. The number of carbonyl (C=O) groups excluding carboxylic acids is 1. The van der Waals surface area contributed by atoms with Crippen LogP contribution < -0.4 is 20.5 Å². The maximum atomic E-state index is 13.4. The summed E-state index contributed by atoms with van der Waals surface area (Å²) in [6, 6.07) is 3.76. The zero-order valence-electron chi connectivity index (χ0n) is 22.0. The Morgan fingerprint density at radius 2 is 2.03 bits per heavy atom. The van der Waals surface area contributed by atoms with Gasteiger partial charge in [0.25, 0.3) is 5.56 Å². The zero-order valence-corrected chi connectivity index (χ0v) is 22.0. The fourth-order valence-corrected chi connectivity index (χ4v) is 5.65. The molecule has 2 saturated heterocycles. The van der Waals surface area contributed by atoms with Crippen molar-refractivity contribution in [1.82, 2.24) is 24.6 Å². The molecule has 3 aliphatic rings. The lowest BCUT2D eigenvalue weighted by Crippen LogP contribution is -2.47. The van der Waals surface area contributed by atoms with Crippen LogP contribution in [0.1, 0.15) is 56.0 Å². The summed E-state index contributed by atoms with van der Waals surface area (Å²) in [5.74, 6) is 1.00. The summed E-state index contributed by atoms with van der Waals surface area (Å²) in [5.41, 5.74) is 3.03. The number of hydrogen-bond acceptors (Lipinski definition) is 7. The van der Waals surface area contributed by atoms with Gasteiger partial charge in [-0.1, -0.05) is 0 Å². The first-order valence-corrected chi connectivity index (χ1v) is 13.5. The molecule has 2 amide bonds. The molecule has 2 N–H and O–H groups in total. The van der Waals surface area contributed by atoms with Crippen molar-refractivity contribution >= 4 is 28.4 Å². The van der Waals surface area contributed by atoms with Crippen LogP contribution in [-0.2, 0) is 4.74 Å². The number of H-pyrrole nitrogens is 1. The molecule has 38 heavy (non-hydrogen) atoms. The predicted molar refractivity (Wildman–Crippen MR) is 144 cm³/mol. The number of rotatable bonds is 6. The van der Waals surface area contributed by atoms with Gasteiger partial charge in [-0.25, -0.2) is 9.78 Å². The number of nitrogens with one attached hydrogen (secondary N) is 2. The molecule has 6 rings (SSSR count). The average molecular weight is 522 g/mol. The molecule has 1 aliphatic carbocycles. The lowest BCUT2D eigenvalue weighted by atomic mass is 10.0. The van der Waals surface area contributed by atoms with Crippen molar-refractivity contribution in [2.75, 3.05) is 50.7 Å². The van der Waals surface area contributed by atoms with Crippen LogP contribution in [0.3, 0.4) is 0 Å². The van der Waals surface area contributed by atoms with Crippen LogP contribution in [-0.4, -0.2) is 77.2 Å². The Hall–Kier alpha value is -3.60. The molecular formula is C27H35N7O4. The highest BCUT2D eigenvalue weighted by molar-refractivity contribution is 5.89. The van der Waals surface area contributed by atoms with Gasteiger partial charge in [-0.2, -0.15) is 0 Å². The molecule has 5 heterocycles. The van der Waals surface area contributed by atoms with E-state index in [0.29, 0.717) is 29.7 Å². The number of methoxy groups -OCH3 is 1. The summed E-state index contributed by atoms with van der Waals surface area (Å²) in [7, 11) is 3.41. The number of urea groups is 1. The maximum absolute atomic E-state index is 13.4. The lowest BCUT2D eigenvalue weighted by Gasteiger charge is -2.37. The number of fused-ring (bicyclic) bond motifs is 1. The Kier molecular flexibility index (Phi) is 6.69. The average Bonchev–Trinajstić information content (AvgIpc) is 3.73. The smallest absolute Gasteiger partial charge is 0.321 e. The molecule has 3 aromatic heterocycles. The van der Waals surface area contributed by atoms with Crippen LogP contribution in [0, 0.1) is 0 Å². The van der Waals surface area contributed by atoms with Crippen LogP contribution in [0.25, 0.3) is 11.0 Å². The number of ether oxygens (including phenoxy) is 2. The number of carbonyl (C=O) groups is 1. The van der Waals surface area contributed by atoms with Crippen LogP contribution >= 0.6 is 0 Å².